The maximum absolute atomic E-state index is 13.6. The van der Waals surface area contributed by atoms with E-state index in [2.05, 4.69) is 20.2 Å². The van der Waals surface area contributed by atoms with Gasteiger partial charge in [0.05, 0.1) is 24.4 Å². The number of imidazole rings is 1. The zero-order chi connectivity index (χ0) is 25.1. The van der Waals surface area contributed by atoms with Crippen LogP contribution in [0.5, 0.6) is 0 Å². The highest BCUT2D eigenvalue weighted by atomic mass is 32.1. The summed E-state index contributed by atoms with van der Waals surface area (Å²) in [5, 5.41) is 16.3. The van der Waals surface area contributed by atoms with Crippen molar-refractivity contribution < 1.29 is 14.7 Å². The second-order valence-electron chi connectivity index (χ2n) is 8.54. The molecule has 0 bridgehead atoms. The number of aliphatic hydroxyl groups excluding tert-OH is 1. The van der Waals surface area contributed by atoms with E-state index in [0.717, 1.165) is 11.4 Å². The summed E-state index contributed by atoms with van der Waals surface area (Å²) in [4.78, 5) is 44.1. The van der Waals surface area contributed by atoms with Crippen molar-refractivity contribution in [3.63, 3.8) is 0 Å². The van der Waals surface area contributed by atoms with Gasteiger partial charge in [-0.05, 0) is 30.0 Å². The van der Waals surface area contributed by atoms with Crippen LogP contribution in [0.25, 0.3) is 16.9 Å². The molecular formula is C25H27N7O3S. The number of hydrogen-bond donors (Lipinski definition) is 2. The first-order chi connectivity index (χ1) is 17.6. The molecule has 2 amide bonds. The van der Waals surface area contributed by atoms with E-state index < -0.39 is 0 Å². The van der Waals surface area contributed by atoms with Gasteiger partial charge in [0.25, 0.3) is 11.8 Å². The average molecular weight is 506 g/mol. The molecule has 186 valence electrons. The Morgan fingerprint density at radius 2 is 2.03 bits per heavy atom. The van der Waals surface area contributed by atoms with Crippen LogP contribution in [0.3, 0.4) is 0 Å². The number of nitrogens with zero attached hydrogens (tertiary/aromatic N) is 6. The number of aliphatic hydroxyl groups is 1. The van der Waals surface area contributed by atoms with Gasteiger partial charge >= 0.3 is 0 Å². The van der Waals surface area contributed by atoms with Crippen LogP contribution in [0.2, 0.25) is 0 Å². The summed E-state index contributed by atoms with van der Waals surface area (Å²) in [5.41, 5.74) is 2.53. The zero-order valence-corrected chi connectivity index (χ0v) is 20.7. The van der Waals surface area contributed by atoms with Crippen LogP contribution >= 0.6 is 11.3 Å². The molecule has 11 heteroatoms. The molecule has 0 spiro atoms. The van der Waals surface area contributed by atoms with E-state index in [1.807, 2.05) is 23.8 Å². The number of nitrogens with one attached hydrogen (secondary N) is 1. The molecule has 1 atom stereocenters. The monoisotopic (exact) mass is 505 g/mol. The predicted octanol–water partition coefficient (Wildman–Crippen LogP) is 2.32. The van der Waals surface area contributed by atoms with Crippen molar-refractivity contribution in [2.45, 2.75) is 19.4 Å². The number of thiophene rings is 1. The molecule has 5 heterocycles. The first-order valence-corrected chi connectivity index (χ1v) is 12.8. The lowest BCUT2D eigenvalue weighted by molar-refractivity contribution is 0.0747. The molecule has 1 fully saturated rings. The summed E-state index contributed by atoms with van der Waals surface area (Å²) in [6, 6.07) is 5.05. The highest BCUT2D eigenvalue weighted by molar-refractivity contribution is 7.08. The molecule has 10 nitrogen and oxygen atoms in total. The van der Waals surface area contributed by atoms with Crippen molar-refractivity contribution in [3.05, 3.63) is 65.0 Å². The van der Waals surface area contributed by atoms with Gasteiger partial charge < -0.3 is 20.2 Å². The molecule has 4 aromatic rings. The van der Waals surface area contributed by atoms with Gasteiger partial charge in [-0.25, -0.2) is 9.97 Å². The summed E-state index contributed by atoms with van der Waals surface area (Å²) >= 11 is 1.51. The molecule has 0 aliphatic carbocycles. The van der Waals surface area contributed by atoms with Crippen LogP contribution in [-0.2, 0) is 0 Å². The summed E-state index contributed by atoms with van der Waals surface area (Å²) in [6.07, 6.45) is 7.36. The Bertz CT molecular complexity index is 1350. The lowest BCUT2D eigenvalue weighted by Gasteiger charge is -2.35. The van der Waals surface area contributed by atoms with Crippen LogP contribution in [0, 0.1) is 0 Å². The lowest BCUT2D eigenvalue weighted by Crippen LogP contribution is -2.49. The van der Waals surface area contributed by atoms with Crippen molar-refractivity contribution in [2.75, 3.05) is 37.7 Å². The van der Waals surface area contributed by atoms with Gasteiger partial charge in [0.2, 0.25) is 0 Å². The highest BCUT2D eigenvalue weighted by Crippen LogP contribution is 2.28. The van der Waals surface area contributed by atoms with Gasteiger partial charge in [0, 0.05) is 55.7 Å². The molecule has 1 aliphatic heterocycles. The molecule has 36 heavy (non-hydrogen) atoms. The van der Waals surface area contributed by atoms with Crippen LogP contribution in [0.4, 0.5) is 5.82 Å². The van der Waals surface area contributed by atoms with Gasteiger partial charge in [0.1, 0.15) is 17.2 Å². The molecule has 0 unspecified atom stereocenters. The topological polar surface area (TPSA) is 116 Å². The van der Waals surface area contributed by atoms with Gasteiger partial charge in [-0.1, -0.05) is 6.92 Å². The van der Waals surface area contributed by atoms with Gasteiger partial charge in [-0.15, -0.1) is 0 Å². The lowest BCUT2D eigenvalue weighted by atomic mass is 10.1. The number of pyridine rings is 1. The van der Waals surface area contributed by atoms with Crippen molar-refractivity contribution >= 4 is 34.6 Å². The number of amides is 2. The Labute approximate surface area is 212 Å². The summed E-state index contributed by atoms with van der Waals surface area (Å²) in [7, 11) is 0. The second kappa shape index (κ2) is 10.4. The normalized spacial score (nSPS) is 14.7. The average Bonchev–Trinajstić information content (AvgIpc) is 3.60. The van der Waals surface area contributed by atoms with E-state index in [-0.39, 0.29) is 24.5 Å². The first kappa shape index (κ1) is 23.9. The minimum atomic E-state index is -0.367. The zero-order valence-electron chi connectivity index (χ0n) is 19.9. The molecule has 1 saturated heterocycles. The van der Waals surface area contributed by atoms with Crippen molar-refractivity contribution in [1.82, 2.24) is 29.6 Å². The van der Waals surface area contributed by atoms with E-state index in [4.69, 9.17) is 4.98 Å². The van der Waals surface area contributed by atoms with Crippen LogP contribution < -0.4 is 10.2 Å². The Balaban J connectivity index is 1.47. The maximum atomic E-state index is 13.6. The predicted molar refractivity (Wildman–Crippen MR) is 137 cm³/mol. The Hall–Kier alpha value is -3.83. The number of rotatable bonds is 7. The number of carbonyl (C=O) groups is 2. The molecule has 4 aromatic heterocycles. The number of aromatic nitrogens is 4. The third-order valence-corrected chi connectivity index (χ3v) is 7.06. The van der Waals surface area contributed by atoms with E-state index in [1.54, 1.807) is 46.2 Å². The minimum absolute atomic E-state index is 0.130. The second-order valence-corrected chi connectivity index (χ2v) is 9.32. The first-order valence-electron chi connectivity index (χ1n) is 11.9. The molecule has 0 radical (unpaired) electrons. The van der Waals surface area contributed by atoms with Crippen molar-refractivity contribution in [3.8, 4) is 11.3 Å². The van der Waals surface area contributed by atoms with Gasteiger partial charge in [-0.2, -0.15) is 11.3 Å². The molecular weight excluding hydrogens is 478 g/mol. The Kier molecular flexibility index (Phi) is 6.92. The highest BCUT2D eigenvalue weighted by Gasteiger charge is 2.28. The molecule has 1 aliphatic rings. The Morgan fingerprint density at radius 1 is 1.19 bits per heavy atom. The van der Waals surface area contributed by atoms with Crippen LogP contribution in [0.15, 0.2) is 53.7 Å². The fourth-order valence-corrected chi connectivity index (χ4v) is 4.99. The number of fused-ring (bicyclic) bond motifs is 1. The van der Waals surface area contributed by atoms with E-state index in [1.165, 1.54) is 11.3 Å². The quantitative estimate of drug-likeness (QED) is 0.396. The fourth-order valence-electron chi connectivity index (χ4n) is 4.35. The standard InChI is InChI=1S/C25H27N7O3S/c1-2-18(15-33)28-24(34)22-21(17-5-13-36-16-17)29-23-19(4-3-8-32(22)23)25(35)31-11-9-30(10-12-31)20-14-26-6-7-27-20/h3-8,13-14,16,18,33H,2,9-12,15H2,1H3,(H,28,34)/t18-/m0/s1. The van der Waals surface area contributed by atoms with E-state index >= 15 is 0 Å². The molecule has 2 N–H and O–H groups in total. The number of hydrogen-bond acceptors (Lipinski definition) is 8. The molecule has 5 rings (SSSR count). The summed E-state index contributed by atoms with van der Waals surface area (Å²) < 4.78 is 1.68. The largest absolute Gasteiger partial charge is 0.394 e. The Morgan fingerprint density at radius 3 is 2.69 bits per heavy atom. The molecule has 0 saturated carbocycles. The minimum Gasteiger partial charge on any atom is -0.394 e. The summed E-state index contributed by atoms with van der Waals surface area (Å²) in [6.45, 7) is 4.12. The third-order valence-electron chi connectivity index (χ3n) is 6.38. The van der Waals surface area contributed by atoms with E-state index in [9.17, 15) is 14.7 Å². The van der Waals surface area contributed by atoms with Gasteiger partial charge in [0.15, 0.2) is 5.65 Å². The van der Waals surface area contributed by atoms with Crippen molar-refractivity contribution in [2.24, 2.45) is 0 Å². The SMILES string of the molecule is CC[C@@H](CO)NC(=O)c1c(-c2ccsc2)nc2c(C(=O)N3CCN(c4cnccn4)CC3)cccn12. The van der Waals surface area contributed by atoms with Gasteiger partial charge in [-0.3, -0.25) is 19.0 Å². The molecule has 0 aromatic carbocycles. The maximum Gasteiger partial charge on any atom is 0.270 e. The smallest absolute Gasteiger partial charge is 0.270 e. The fraction of sp³-hybridized carbons (Fsp3) is 0.320. The number of piperazine rings is 1. The number of anilines is 1. The third kappa shape index (κ3) is 4.54. The number of carbonyl (C=O) groups excluding carboxylic acids is 2. The summed E-state index contributed by atoms with van der Waals surface area (Å²) in [5.74, 6) is 0.325. The van der Waals surface area contributed by atoms with E-state index in [0.29, 0.717) is 55.2 Å². The van der Waals surface area contributed by atoms with Crippen molar-refractivity contribution in [1.29, 1.82) is 0 Å². The van der Waals surface area contributed by atoms with Crippen LogP contribution in [-0.4, -0.2) is 80.0 Å². The van der Waals surface area contributed by atoms with Crippen LogP contribution in [0.1, 0.15) is 34.2 Å².